The van der Waals surface area contributed by atoms with Crippen LogP contribution in [-0.2, 0) is 21.2 Å². The molecule has 1 saturated heterocycles. The third-order valence-corrected chi connectivity index (χ3v) is 7.04. The van der Waals surface area contributed by atoms with Gasteiger partial charge in [0.05, 0.1) is 4.90 Å². The largest absolute Gasteiger partial charge is 0.340 e. The summed E-state index contributed by atoms with van der Waals surface area (Å²) in [5.74, 6) is 2.61. The Morgan fingerprint density at radius 2 is 1.77 bits per heavy atom. The molecule has 1 heterocycles. The van der Waals surface area contributed by atoms with Crippen LogP contribution in [0, 0.1) is 12.3 Å². The average Bonchev–Trinajstić information content (AvgIpc) is 3.20. The Kier molecular flexibility index (Phi) is 6.85. The highest BCUT2D eigenvalue weighted by atomic mass is 32.2. The highest BCUT2D eigenvalue weighted by Gasteiger charge is 2.27. The minimum atomic E-state index is -3.39. The van der Waals surface area contributed by atoms with E-state index in [2.05, 4.69) is 11.2 Å². The Labute approximate surface area is 157 Å². The monoisotopic (exact) mass is 376 g/mol. The van der Waals surface area contributed by atoms with Gasteiger partial charge in [0.2, 0.25) is 15.9 Å². The second-order valence-corrected chi connectivity index (χ2v) is 8.67. The minimum absolute atomic E-state index is 0.0829. The predicted molar refractivity (Wildman–Crippen MR) is 103 cm³/mol. The number of aryl methyl sites for hydroxylation is 1. The highest BCUT2D eigenvalue weighted by molar-refractivity contribution is 7.89. The third-order valence-electron chi connectivity index (χ3n) is 5.13. The van der Waals surface area contributed by atoms with E-state index in [1.807, 2.05) is 13.8 Å². The molecule has 0 aromatic heterocycles. The second kappa shape index (κ2) is 8.70. The first kappa shape index (κ1) is 20.5. The molecular formula is C20H28N2O3S. The van der Waals surface area contributed by atoms with Crippen LogP contribution in [0.1, 0.15) is 51.5 Å². The molecule has 1 fully saturated rings. The normalized spacial score (nSPS) is 15.6. The summed E-state index contributed by atoms with van der Waals surface area (Å²) in [7, 11) is -3.39. The van der Waals surface area contributed by atoms with E-state index >= 15 is 0 Å². The van der Waals surface area contributed by atoms with Crippen LogP contribution in [0.25, 0.3) is 0 Å². The molecule has 1 aromatic carbocycles. The van der Waals surface area contributed by atoms with Gasteiger partial charge in [-0.1, -0.05) is 31.9 Å². The van der Waals surface area contributed by atoms with Crippen LogP contribution in [-0.4, -0.2) is 37.3 Å². The van der Waals surface area contributed by atoms with Gasteiger partial charge in [-0.2, -0.15) is 4.31 Å². The quantitative estimate of drug-likeness (QED) is 0.710. The zero-order chi connectivity index (χ0) is 19.2. The summed E-state index contributed by atoms with van der Waals surface area (Å²) in [5.41, 5.74) is 0.352. The van der Waals surface area contributed by atoms with Crippen molar-refractivity contribution < 1.29 is 13.2 Å². The molecular weight excluding hydrogens is 348 g/mol. The average molecular weight is 377 g/mol. The number of hydrogen-bond donors (Lipinski definition) is 1. The Morgan fingerprint density at radius 3 is 2.27 bits per heavy atom. The Morgan fingerprint density at radius 1 is 1.19 bits per heavy atom. The van der Waals surface area contributed by atoms with Gasteiger partial charge in [0.15, 0.2) is 0 Å². The van der Waals surface area contributed by atoms with E-state index in [9.17, 15) is 13.2 Å². The summed E-state index contributed by atoms with van der Waals surface area (Å²) in [6.07, 6.45) is 9.65. The number of nitrogens with one attached hydrogen (secondary N) is 1. The molecule has 0 spiro atoms. The van der Waals surface area contributed by atoms with Gasteiger partial charge in [0.25, 0.3) is 0 Å². The molecule has 142 valence electrons. The maximum absolute atomic E-state index is 12.5. The standard InChI is InChI=1S/C20H28N2O3S/c1-4-20(5-2,6-3)21-19(23)14-11-17-9-12-18(13-10-17)26(24,25)22-15-7-8-16-22/h1,9-10,12-13H,5-8,11,14-16H2,2-3H3,(H,21,23). The molecule has 5 nitrogen and oxygen atoms in total. The molecule has 0 atom stereocenters. The van der Waals surface area contributed by atoms with Gasteiger partial charge in [0.1, 0.15) is 5.54 Å². The van der Waals surface area contributed by atoms with E-state index in [0.717, 1.165) is 18.4 Å². The molecule has 1 aliphatic rings. The number of carbonyl (C=O) groups excluding carboxylic acids is 1. The first-order valence-corrected chi connectivity index (χ1v) is 10.7. The van der Waals surface area contributed by atoms with E-state index in [4.69, 9.17) is 6.42 Å². The zero-order valence-corrected chi connectivity index (χ0v) is 16.4. The summed E-state index contributed by atoms with van der Waals surface area (Å²) in [6, 6.07) is 6.82. The van der Waals surface area contributed by atoms with Gasteiger partial charge in [-0.25, -0.2) is 8.42 Å². The lowest BCUT2D eigenvalue weighted by Crippen LogP contribution is -2.46. The molecule has 6 heteroatoms. The molecule has 1 amide bonds. The molecule has 0 saturated carbocycles. The Balaban J connectivity index is 1.95. The van der Waals surface area contributed by atoms with Crippen LogP contribution in [0.3, 0.4) is 0 Å². The number of nitrogens with zero attached hydrogens (tertiary/aromatic N) is 1. The van der Waals surface area contributed by atoms with E-state index in [1.54, 1.807) is 24.3 Å². The second-order valence-electron chi connectivity index (χ2n) is 6.74. The van der Waals surface area contributed by atoms with Crippen LogP contribution in [0.2, 0.25) is 0 Å². The lowest BCUT2D eigenvalue weighted by molar-refractivity contribution is -0.122. The molecule has 26 heavy (non-hydrogen) atoms. The van der Waals surface area contributed by atoms with Crippen molar-refractivity contribution in [3.05, 3.63) is 29.8 Å². The van der Waals surface area contributed by atoms with Gasteiger partial charge in [0, 0.05) is 19.5 Å². The predicted octanol–water partition coefficient (Wildman–Crippen LogP) is 2.71. The highest BCUT2D eigenvalue weighted by Crippen LogP contribution is 2.21. The van der Waals surface area contributed by atoms with Gasteiger partial charge < -0.3 is 5.32 Å². The van der Waals surface area contributed by atoms with E-state index in [1.165, 1.54) is 4.31 Å². The maximum atomic E-state index is 12.5. The van der Waals surface area contributed by atoms with Crippen LogP contribution in [0.15, 0.2) is 29.2 Å². The number of rotatable bonds is 8. The van der Waals surface area contributed by atoms with Crippen molar-refractivity contribution in [2.24, 2.45) is 0 Å². The van der Waals surface area contributed by atoms with Crippen LogP contribution in [0.5, 0.6) is 0 Å². The summed E-state index contributed by atoms with van der Waals surface area (Å²) in [6.45, 7) is 5.11. The first-order valence-electron chi connectivity index (χ1n) is 9.25. The molecule has 2 rings (SSSR count). The lowest BCUT2D eigenvalue weighted by Gasteiger charge is -2.27. The number of hydrogen-bond acceptors (Lipinski definition) is 3. The van der Waals surface area contributed by atoms with Gasteiger partial charge >= 0.3 is 0 Å². The van der Waals surface area contributed by atoms with E-state index in [0.29, 0.717) is 43.7 Å². The molecule has 0 aliphatic carbocycles. The van der Waals surface area contributed by atoms with Crippen molar-refractivity contribution in [3.8, 4) is 12.3 Å². The van der Waals surface area contributed by atoms with Crippen molar-refractivity contribution in [1.82, 2.24) is 9.62 Å². The van der Waals surface area contributed by atoms with Crippen LogP contribution < -0.4 is 5.32 Å². The van der Waals surface area contributed by atoms with E-state index < -0.39 is 15.6 Å². The first-order chi connectivity index (χ1) is 12.4. The number of amides is 1. The summed E-state index contributed by atoms with van der Waals surface area (Å²) >= 11 is 0. The smallest absolute Gasteiger partial charge is 0.243 e. The number of carbonyl (C=O) groups is 1. The maximum Gasteiger partial charge on any atom is 0.243 e. The molecule has 0 radical (unpaired) electrons. The summed E-state index contributed by atoms with van der Waals surface area (Å²) < 4.78 is 26.6. The number of terminal acetylenes is 1. The minimum Gasteiger partial charge on any atom is -0.340 e. The van der Waals surface area contributed by atoms with Crippen molar-refractivity contribution >= 4 is 15.9 Å². The van der Waals surface area contributed by atoms with Crippen LogP contribution >= 0.6 is 0 Å². The van der Waals surface area contributed by atoms with Crippen molar-refractivity contribution in [1.29, 1.82) is 0 Å². The topological polar surface area (TPSA) is 66.5 Å². The fraction of sp³-hybridized carbons (Fsp3) is 0.550. The fourth-order valence-corrected chi connectivity index (χ4v) is 4.68. The SMILES string of the molecule is C#CC(CC)(CC)NC(=O)CCc1ccc(S(=O)(=O)N2CCCC2)cc1. The van der Waals surface area contributed by atoms with Crippen molar-refractivity contribution in [3.63, 3.8) is 0 Å². The lowest BCUT2D eigenvalue weighted by atomic mass is 9.93. The van der Waals surface area contributed by atoms with E-state index in [-0.39, 0.29) is 5.91 Å². The Bertz CT molecular complexity index is 753. The molecule has 0 unspecified atom stereocenters. The molecule has 1 aliphatic heterocycles. The number of sulfonamides is 1. The van der Waals surface area contributed by atoms with Gasteiger partial charge in [-0.3, -0.25) is 4.79 Å². The van der Waals surface area contributed by atoms with Gasteiger partial charge in [-0.05, 0) is 49.8 Å². The zero-order valence-electron chi connectivity index (χ0n) is 15.6. The molecule has 1 N–H and O–H groups in total. The summed E-state index contributed by atoms with van der Waals surface area (Å²) in [4.78, 5) is 12.5. The molecule has 0 bridgehead atoms. The van der Waals surface area contributed by atoms with Gasteiger partial charge in [-0.15, -0.1) is 6.42 Å². The summed E-state index contributed by atoms with van der Waals surface area (Å²) in [5, 5.41) is 2.94. The Hall–Kier alpha value is -1.84. The van der Waals surface area contributed by atoms with Crippen molar-refractivity contribution in [2.45, 2.75) is 62.8 Å². The van der Waals surface area contributed by atoms with Crippen LogP contribution in [0.4, 0.5) is 0 Å². The number of benzene rings is 1. The van der Waals surface area contributed by atoms with Crippen molar-refractivity contribution in [2.75, 3.05) is 13.1 Å². The fourth-order valence-electron chi connectivity index (χ4n) is 3.16. The molecule has 1 aromatic rings. The third kappa shape index (κ3) is 4.66.